The highest BCUT2D eigenvalue weighted by Crippen LogP contribution is 2.20. The molecule has 2 rings (SSSR count). The summed E-state index contributed by atoms with van der Waals surface area (Å²) in [6.45, 7) is 6.51. The Morgan fingerprint density at radius 1 is 1.15 bits per heavy atom. The van der Waals surface area contributed by atoms with Gasteiger partial charge in [0.1, 0.15) is 24.7 Å². The number of halogens is 1. The lowest BCUT2D eigenvalue weighted by molar-refractivity contribution is -0.889. The monoisotopic (exact) mass is 377 g/mol. The van der Waals surface area contributed by atoms with Crippen molar-refractivity contribution >= 4 is 23.2 Å². The summed E-state index contributed by atoms with van der Waals surface area (Å²) in [6.07, 6.45) is 0. The number of rotatable bonds is 9. The van der Waals surface area contributed by atoms with E-state index in [1.807, 2.05) is 43.3 Å². The number of hydrogen-bond donors (Lipinski definition) is 2. The molecule has 0 radical (unpaired) electrons. The van der Waals surface area contributed by atoms with Crippen LogP contribution in [0.25, 0.3) is 0 Å². The number of carbonyl (C=O) groups excluding carboxylic acids is 1. The molecule has 2 aromatic rings. The Bertz CT molecular complexity index is 719. The third-order valence-corrected chi connectivity index (χ3v) is 4.40. The van der Waals surface area contributed by atoms with Crippen LogP contribution in [-0.2, 0) is 4.79 Å². The molecule has 26 heavy (non-hydrogen) atoms. The molecule has 0 heterocycles. The molecule has 6 heteroatoms. The van der Waals surface area contributed by atoms with Gasteiger partial charge in [-0.3, -0.25) is 4.79 Å². The number of likely N-dealkylation sites (N-methyl/N-ethyl adjacent to an activating group) is 1. The number of aryl methyl sites for hydroxylation is 1. The Balaban J connectivity index is 1.80. The van der Waals surface area contributed by atoms with Crippen LogP contribution in [0.1, 0.15) is 12.5 Å². The molecular formula is C20H26ClN2O3+. The number of benzene rings is 2. The molecule has 2 N–H and O–H groups in total. The Kier molecular flexibility index (Phi) is 7.75. The second kappa shape index (κ2) is 10.0. The Labute approximate surface area is 159 Å². The van der Waals surface area contributed by atoms with Crippen molar-refractivity contribution in [3.8, 4) is 11.5 Å². The molecule has 0 saturated carbocycles. The third-order valence-electron chi connectivity index (χ3n) is 4.17. The van der Waals surface area contributed by atoms with Gasteiger partial charge in [0.15, 0.2) is 6.54 Å². The smallest absolute Gasteiger partial charge is 0.279 e. The first kappa shape index (κ1) is 20.1. The summed E-state index contributed by atoms with van der Waals surface area (Å²) >= 11 is 6.00. The van der Waals surface area contributed by atoms with Crippen LogP contribution in [0.5, 0.6) is 11.5 Å². The van der Waals surface area contributed by atoms with E-state index in [1.54, 1.807) is 13.2 Å². The van der Waals surface area contributed by atoms with Gasteiger partial charge in [0.2, 0.25) is 0 Å². The second-order valence-electron chi connectivity index (χ2n) is 6.06. The summed E-state index contributed by atoms with van der Waals surface area (Å²) < 4.78 is 10.9. The summed E-state index contributed by atoms with van der Waals surface area (Å²) in [5.41, 5.74) is 1.75. The zero-order valence-electron chi connectivity index (χ0n) is 15.5. The Hall–Kier alpha value is -2.24. The maximum absolute atomic E-state index is 12.3. The van der Waals surface area contributed by atoms with Crippen LogP contribution in [0.4, 0.5) is 5.69 Å². The maximum atomic E-state index is 12.3. The van der Waals surface area contributed by atoms with Gasteiger partial charge in [0, 0.05) is 10.7 Å². The SMILES string of the molecule is CC[NH+](CCOc1ccc(OC)cc1)CC(=O)Nc1cc(Cl)ccc1C. The minimum atomic E-state index is -0.0309. The standard InChI is InChI=1S/C20H25ClN2O3/c1-4-23(11-12-26-18-9-7-17(25-3)8-10-18)14-20(24)22-19-13-16(21)6-5-15(19)2/h5-10,13H,4,11-12,14H2,1-3H3,(H,22,24)/p+1. The third kappa shape index (κ3) is 6.24. The van der Waals surface area contributed by atoms with Crippen LogP contribution in [0.3, 0.4) is 0 Å². The van der Waals surface area contributed by atoms with E-state index in [2.05, 4.69) is 12.2 Å². The first-order valence-electron chi connectivity index (χ1n) is 8.68. The lowest BCUT2D eigenvalue weighted by Gasteiger charge is -2.18. The molecule has 1 unspecified atom stereocenters. The summed E-state index contributed by atoms with van der Waals surface area (Å²) in [7, 11) is 1.63. The average Bonchev–Trinajstić information content (AvgIpc) is 2.64. The highest BCUT2D eigenvalue weighted by atomic mass is 35.5. The van der Waals surface area contributed by atoms with Gasteiger partial charge in [0.05, 0.1) is 13.7 Å². The van der Waals surface area contributed by atoms with Crippen molar-refractivity contribution in [2.75, 3.05) is 38.7 Å². The van der Waals surface area contributed by atoms with Crippen LogP contribution >= 0.6 is 11.6 Å². The van der Waals surface area contributed by atoms with Crippen LogP contribution in [0.15, 0.2) is 42.5 Å². The van der Waals surface area contributed by atoms with Gasteiger partial charge in [-0.05, 0) is 55.8 Å². The second-order valence-corrected chi connectivity index (χ2v) is 6.50. The summed E-state index contributed by atoms with van der Waals surface area (Å²) in [5, 5.41) is 3.55. The molecule has 2 aromatic carbocycles. The zero-order chi connectivity index (χ0) is 18.9. The summed E-state index contributed by atoms with van der Waals surface area (Å²) in [4.78, 5) is 13.5. The average molecular weight is 378 g/mol. The minimum absolute atomic E-state index is 0.0309. The van der Waals surface area contributed by atoms with Crippen LogP contribution < -0.4 is 19.7 Å². The van der Waals surface area contributed by atoms with Gasteiger partial charge in [-0.2, -0.15) is 0 Å². The number of anilines is 1. The summed E-state index contributed by atoms with van der Waals surface area (Å²) in [6, 6.07) is 12.9. The van der Waals surface area contributed by atoms with Crippen LogP contribution in [0, 0.1) is 6.92 Å². The number of methoxy groups -OCH3 is 1. The highest BCUT2D eigenvalue weighted by Gasteiger charge is 2.14. The molecule has 1 atom stereocenters. The van der Waals surface area contributed by atoms with E-state index < -0.39 is 0 Å². The largest absolute Gasteiger partial charge is 0.497 e. The van der Waals surface area contributed by atoms with Gasteiger partial charge in [0.25, 0.3) is 5.91 Å². The molecule has 140 valence electrons. The number of quaternary nitrogens is 1. The quantitative estimate of drug-likeness (QED) is 0.706. The van der Waals surface area contributed by atoms with E-state index in [-0.39, 0.29) is 5.91 Å². The Morgan fingerprint density at radius 2 is 1.85 bits per heavy atom. The van der Waals surface area contributed by atoms with Crippen LogP contribution in [-0.4, -0.2) is 39.3 Å². The fourth-order valence-corrected chi connectivity index (χ4v) is 2.70. The fraction of sp³-hybridized carbons (Fsp3) is 0.350. The van der Waals surface area contributed by atoms with Crippen molar-refractivity contribution in [2.24, 2.45) is 0 Å². The number of hydrogen-bond acceptors (Lipinski definition) is 3. The van der Waals surface area contributed by atoms with E-state index >= 15 is 0 Å². The van der Waals surface area contributed by atoms with Crippen LogP contribution in [0.2, 0.25) is 5.02 Å². The molecule has 0 fully saturated rings. The summed E-state index contributed by atoms with van der Waals surface area (Å²) in [5.74, 6) is 1.56. The number of nitrogens with one attached hydrogen (secondary N) is 2. The highest BCUT2D eigenvalue weighted by molar-refractivity contribution is 6.31. The first-order valence-corrected chi connectivity index (χ1v) is 9.06. The first-order chi connectivity index (χ1) is 12.5. The van der Waals surface area contributed by atoms with Gasteiger partial charge >= 0.3 is 0 Å². The van der Waals surface area contributed by atoms with Crippen molar-refractivity contribution in [1.82, 2.24) is 0 Å². The topological polar surface area (TPSA) is 52.0 Å². The minimum Gasteiger partial charge on any atom is -0.497 e. The maximum Gasteiger partial charge on any atom is 0.279 e. The van der Waals surface area contributed by atoms with E-state index in [4.69, 9.17) is 21.1 Å². The van der Waals surface area contributed by atoms with Crippen molar-refractivity contribution in [3.63, 3.8) is 0 Å². The molecule has 0 aliphatic carbocycles. The normalized spacial score (nSPS) is 11.7. The Morgan fingerprint density at radius 3 is 2.50 bits per heavy atom. The molecule has 1 amide bonds. The van der Waals surface area contributed by atoms with Crippen molar-refractivity contribution in [1.29, 1.82) is 0 Å². The molecule has 0 spiro atoms. The molecule has 5 nitrogen and oxygen atoms in total. The molecule has 0 saturated heterocycles. The molecule has 0 bridgehead atoms. The van der Waals surface area contributed by atoms with Crippen molar-refractivity contribution in [3.05, 3.63) is 53.1 Å². The van der Waals surface area contributed by atoms with E-state index in [0.717, 1.165) is 40.7 Å². The van der Waals surface area contributed by atoms with E-state index in [9.17, 15) is 4.79 Å². The molecule has 0 aliphatic rings. The molecular weight excluding hydrogens is 352 g/mol. The van der Waals surface area contributed by atoms with Gasteiger partial charge in [-0.1, -0.05) is 17.7 Å². The van der Waals surface area contributed by atoms with Crippen molar-refractivity contribution in [2.45, 2.75) is 13.8 Å². The molecule has 0 aliphatic heterocycles. The van der Waals surface area contributed by atoms with Gasteiger partial charge < -0.3 is 19.7 Å². The van der Waals surface area contributed by atoms with Crippen molar-refractivity contribution < 1.29 is 19.2 Å². The van der Waals surface area contributed by atoms with Gasteiger partial charge in [-0.25, -0.2) is 0 Å². The predicted molar refractivity (Wildman–Crippen MR) is 105 cm³/mol. The number of carbonyl (C=O) groups is 1. The zero-order valence-corrected chi connectivity index (χ0v) is 16.2. The lowest BCUT2D eigenvalue weighted by atomic mass is 10.2. The van der Waals surface area contributed by atoms with E-state index in [0.29, 0.717) is 18.2 Å². The molecule has 0 aromatic heterocycles. The fourth-order valence-electron chi connectivity index (χ4n) is 2.53. The number of ether oxygens (including phenoxy) is 2. The predicted octanol–water partition coefficient (Wildman–Crippen LogP) is 2.58. The van der Waals surface area contributed by atoms with Gasteiger partial charge in [-0.15, -0.1) is 0 Å². The van der Waals surface area contributed by atoms with E-state index in [1.165, 1.54) is 0 Å². The lowest BCUT2D eigenvalue weighted by Crippen LogP contribution is -3.13. The number of amides is 1.